The number of rotatable bonds is 11. The van der Waals surface area contributed by atoms with Gasteiger partial charge in [-0.1, -0.05) is 5.11 Å². The Morgan fingerprint density at radius 3 is 2.66 bits per heavy atom. The number of azide groups is 1. The molecule has 14 nitrogen and oxygen atoms in total. The van der Waals surface area contributed by atoms with Gasteiger partial charge in [-0.3, -0.25) is 23.2 Å². The molecule has 196 valence electrons. The van der Waals surface area contributed by atoms with Gasteiger partial charge in [0.2, 0.25) is 0 Å². The maximum atomic E-state index is 12.9. The zero-order valence-corrected chi connectivity index (χ0v) is 19.3. The lowest BCUT2D eigenvalue weighted by molar-refractivity contribution is -0.173. The third kappa shape index (κ3) is 8.19. The summed E-state index contributed by atoms with van der Waals surface area (Å²) in [6, 6.07) is -0.906. The van der Waals surface area contributed by atoms with Gasteiger partial charge in [-0.25, -0.2) is 9.36 Å². The monoisotopic (exact) mass is 528 g/mol. The first-order chi connectivity index (χ1) is 16.2. The van der Waals surface area contributed by atoms with Gasteiger partial charge in [0.05, 0.1) is 18.8 Å². The van der Waals surface area contributed by atoms with E-state index in [9.17, 15) is 32.1 Å². The zero-order valence-electron chi connectivity index (χ0n) is 18.4. The molecule has 35 heavy (non-hydrogen) atoms. The van der Waals surface area contributed by atoms with E-state index in [2.05, 4.69) is 14.5 Å². The van der Waals surface area contributed by atoms with Crippen LogP contribution >= 0.6 is 7.82 Å². The fourth-order valence-corrected chi connectivity index (χ4v) is 3.77. The largest absolute Gasteiger partial charge is 0.471 e. The van der Waals surface area contributed by atoms with E-state index in [0.717, 1.165) is 9.13 Å². The fourth-order valence-electron chi connectivity index (χ4n) is 3.43. The fraction of sp³-hybridized carbons (Fsp3) is 0.706. The number of aryl methyl sites for hydroxylation is 1. The summed E-state index contributed by atoms with van der Waals surface area (Å²) in [6.45, 7) is 0.572. The molecule has 1 aromatic heterocycles. The number of unbranched alkanes of at least 4 members (excludes halogenated alkanes) is 2. The molecule has 1 amide bonds. The first kappa shape index (κ1) is 28.6. The van der Waals surface area contributed by atoms with Crippen LogP contribution in [0.3, 0.4) is 0 Å². The Balaban J connectivity index is 2.08. The van der Waals surface area contributed by atoms with E-state index in [0.29, 0.717) is 6.42 Å². The summed E-state index contributed by atoms with van der Waals surface area (Å²) in [7, 11) is -4.83. The highest BCUT2D eigenvalue weighted by Crippen LogP contribution is 2.38. The number of phosphoric acid groups is 1. The Morgan fingerprint density at radius 2 is 2.06 bits per heavy atom. The van der Waals surface area contributed by atoms with E-state index in [-0.39, 0.29) is 37.9 Å². The molecule has 1 saturated heterocycles. The number of nitrogens with one attached hydrogen (secondary N) is 1. The third-order valence-corrected chi connectivity index (χ3v) is 5.58. The number of amides is 1. The highest BCUT2D eigenvalue weighted by molar-refractivity contribution is 7.46. The molecule has 0 aliphatic carbocycles. The lowest BCUT2D eigenvalue weighted by Gasteiger charge is -2.18. The van der Waals surface area contributed by atoms with Crippen LogP contribution in [-0.4, -0.2) is 56.3 Å². The maximum absolute atomic E-state index is 12.9. The molecule has 0 saturated carbocycles. The molecule has 0 radical (unpaired) electrons. The highest BCUT2D eigenvalue weighted by atomic mass is 31.2. The van der Waals surface area contributed by atoms with Gasteiger partial charge in [0.1, 0.15) is 6.23 Å². The van der Waals surface area contributed by atoms with E-state index >= 15 is 0 Å². The average molecular weight is 528 g/mol. The predicted molar refractivity (Wildman–Crippen MR) is 112 cm³/mol. The Morgan fingerprint density at radius 1 is 1.37 bits per heavy atom. The van der Waals surface area contributed by atoms with Crippen LogP contribution < -0.4 is 16.6 Å². The minimum atomic E-state index is -4.97. The van der Waals surface area contributed by atoms with Crippen molar-refractivity contribution in [2.45, 2.75) is 63.7 Å². The molecular formula is C17H24F3N6O8P. The number of nitrogens with zero attached hydrogens (tertiary/aromatic N) is 5. The molecule has 18 heteroatoms. The molecular weight excluding hydrogens is 504 g/mol. The number of carbonyl (C=O) groups is 1. The van der Waals surface area contributed by atoms with E-state index in [4.69, 9.17) is 20.1 Å². The van der Waals surface area contributed by atoms with Crippen molar-refractivity contribution in [1.29, 1.82) is 0 Å². The summed E-state index contributed by atoms with van der Waals surface area (Å²) in [6.07, 6.45) is -5.08. The highest BCUT2D eigenvalue weighted by Gasteiger charge is 2.39. The molecule has 0 aromatic carbocycles. The van der Waals surface area contributed by atoms with E-state index in [1.165, 1.54) is 13.1 Å². The zero-order chi connectivity index (χ0) is 26.4. The smallest absolute Gasteiger partial charge is 0.352 e. The van der Waals surface area contributed by atoms with Crippen LogP contribution in [0.1, 0.15) is 37.5 Å². The minimum Gasteiger partial charge on any atom is -0.352 e. The van der Waals surface area contributed by atoms with Crippen LogP contribution in [0.25, 0.3) is 10.4 Å². The topological polar surface area (TPSA) is 198 Å². The van der Waals surface area contributed by atoms with Crippen LogP contribution in [0.15, 0.2) is 20.9 Å². The molecule has 1 fully saturated rings. The SMILES string of the molecule is Cc1cn([C@@H]2C[C@H](N=[N+]=[N-])[C@@H](COP(=O)(O)O)O2)c(=O)n(CCCCCNC(=O)C(F)(F)F)c1=O. The van der Waals surface area contributed by atoms with Crippen LogP contribution in [0.2, 0.25) is 0 Å². The first-order valence-electron chi connectivity index (χ1n) is 10.3. The van der Waals surface area contributed by atoms with E-state index in [1.807, 2.05) is 0 Å². The number of ether oxygens (including phenoxy) is 1. The molecule has 0 bridgehead atoms. The average Bonchev–Trinajstić information content (AvgIpc) is 3.15. The van der Waals surface area contributed by atoms with Crippen molar-refractivity contribution in [3.8, 4) is 0 Å². The summed E-state index contributed by atoms with van der Waals surface area (Å²) < 4.78 is 59.5. The van der Waals surface area contributed by atoms with Crippen molar-refractivity contribution in [2.24, 2.45) is 5.11 Å². The predicted octanol–water partition coefficient (Wildman–Crippen LogP) is 1.24. The number of phosphoric ester groups is 1. The lowest BCUT2D eigenvalue weighted by Crippen LogP contribution is -2.42. The van der Waals surface area contributed by atoms with Crippen molar-refractivity contribution >= 4 is 13.7 Å². The second-order valence-corrected chi connectivity index (χ2v) is 8.94. The van der Waals surface area contributed by atoms with Gasteiger partial charge in [-0.05, 0) is 31.7 Å². The first-order valence-corrected chi connectivity index (χ1v) is 11.8. The summed E-state index contributed by atoms with van der Waals surface area (Å²) in [5.41, 5.74) is 7.60. The Bertz CT molecular complexity index is 1130. The summed E-state index contributed by atoms with van der Waals surface area (Å²) in [4.78, 5) is 56.6. The van der Waals surface area contributed by atoms with Crippen LogP contribution in [0.5, 0.6) is 0 Å². The standard InChI is InChI=1S/C17H24F3N6O8P/c1-10-8-26(13-7-11(23-24-21)12(34-13)9-33-35(30,31)32)16(29)25(14(10)27)6-4-2-3-5-22-15(28)17(18,19)20/h8,11-13H,2-7,9H2,1H3,(H,22,28)(H2,30,31,32)/t11-,12+,13-/m0/s1. The van der Waals surface area contributed by atoms with Gasteiger partial charge in [-0.15, -0.1) is 0 Å². The molecule has 3 N–H and O–H groups in total. The summed E-state index contributed by atoms with van der Waals surface area (Å²) in [5.74, 6) is -2.05. The molecule has 1 aliphatic heterocycles. The molecule has 3 atom stereocenters. The number of halogens is 3. The quantitative estimate of drug-likeness (QED) is 0.125. The van der Waals surface area contributed by atoms with Gasteiger partial charge in [0, 0.05) is 36.2 Å². The summed E-state index contributed by atoms with van der Waals surface area (Å²) >= 11 is 0. The number of carbonyl (C=O) groups excluding carboxylic acids is 1. The normalized spacial score (nSPS) is 20.5. The Hall–Kier alpha value is -2.68. The maximum Gasteiger partial charge on any atom is 0.471 e. The molecule has 1 aliphatic rings. The van der Waals surface area contributed by atoms with Crippen molar-refractivity contribution in [3.63, 3.8) is 0 Å². The Labute approximate surface area is 195 Å². The van der Waals surface area contributed by atoms with Crippen molar-refractivity contribution in [2.75, 3.05) is 13.2 Å². The van der Waals surface area contributed by atoms with Gasteiger partial charge in [0.15, 0.2) is 0 Å². The van der Waals surface area contributed by atoms with Crippen molar-refractivity contribution in [1.82, 2.24) is 14.5 Å². The molecule has 0 unspecified atom stereocenters. The van der Waals surface area contributed by atoms with Crippen LogP contribution in [0, 0.1) is 6.92 Å². The number of hydrogen-bond donors (Lipinski definition) is 3. The van der Waals surface area contributed by atoms with E-state index < -0.39 is 56.1 Å². The second-order valence-electron chi connectivity index (χ2n) is 7.70. The molecule has 1 aromatic rings. The van der Waals surface area contributed by atoms with Gasteiger partial charge >= 0.3 is 25.6 Å². The minimum absolute atomic E-state index is 0.0320. The molecule has 0 spiro atoms. The summed E-state index contributed by atoms with van der Waals surface area (Å²) in [5, 5.41) is 5.25. The number of hydrogen-bond acceptors (Lipinski definition) is 7. The number of aromatic nitrogens is 2. The van der Waals surface area contributed by atoms with Gasteiger partial charge in [-0.2, -0.15) is 13.2 Å². The lowest BCUT2D eigenvalue weighted by atomic mass is 10.1. The molecule has 2 heterocycles. The van der Waals surface area contributed by atoms with Crippen LogP contribution in [0.4, 0.5) is 13.2 Å². The number of alkyl halides is 3. The second kappa shape index (κ2) is 11.8. The van der Waals surface area contributed by atoms with Crippen molar-refractivity contribution < 1.29 is 41.6 Å². The van der Waals surface area contributed by atoms with Crippen molar-refractivity contribution in [3.05, 3.63) is 43.0 Å². The van der Waals surface area contributed by atoms with Gasteiger partial charge in [0.25, 0.3) is 5.56 Å². The van der Waals surface area contributed by atoms with Crippen LogP contribution in [-0.2, 0) is 25.2 Å². The van der Waals surface area contributed by atoms with Gasteiger partial charge < -0.3 is 19.8 Å². The van der Waals surface area contributed by atoms with E-state index in [1.54, 1.807) is 5.32 Å². The Kier molecular flexibility index (Phi) is 9.66. The third-order valence-electron chi connectivity index (χ3n) is 5.09. The molecule has 2 rings (SSSR count).